The molecular formula is C21H17BrCl2N4O3S. The molecule has 7 nitrogen and oxygen atoms in total. The highest BCUT2D eigenvalue weighted by molar-refractivity contribution is 9.10. The number of pyridine rings is 1. The van der Waals surface area contributed by atoms with Crippen LogP contribution in [0.25, 0.3) is 0 Å². The number of carbonyl (C=O) groups excluding carboxylic acids is 1. The fourth-order valence-corrected chi connectivity index (χ4v) is 4.75. The Bertz CT molecular complexity index is 1220. The van der Waals surface area contributed by atoms with Gasteiger partial charge in [0.25, 0.3) is 5.91 Å². The second-order valence-corrected chi connectivity index (χ2v) is 10.2. The summed E-state index contributed by atoms with van der Waals surface area (Å²) in [5.41, 5.74) is 3.58. The number of hydrazone groups is 1. The maximum Gasteiger partial charge on any atom is 0.255 e. The number of carbonyl (C=O) groups is 1. The number of benzene rings is 2. The van der Waals surface area contributed by atoms with Crippen molar-refractivity contribution in [2.45, 2.75) is 11.4 Å². The minimum atomic E-state index is -4.02. The Labute approximate surface area is 204 Å². The van der Waals surface area contributed by atoms with E-state index in [1.807, 2.05) is 0 Å². The maximum absolute atomic E-state index is 13.3. The molecule has 3 rings (SSSR count). The van der Waals surface area contributed by atoms with Crippen molar-refractivity contribution in [3.8, 4) is 0 Å². The van der Waals surface area contributed by atoms with Gasteiger partial charge in [-0.3, -0.25) is 9.78 Å². The molecule has 0 fully saturated rings. The fraction of sp³-hybridized carbons (Fsp3) is 0.0952. The number of nitrogens with one attached hydrogen (secondary N) is 1. The number of nitrogens with zero attached hydrogens (tertiary/aromatic N) is 3. The number of hydrogen-bond donors (Lipinski definition) is 1. The normalized spacial score (nSPS) is 11.8. The van der Waals surface area contributed by atoms with Gasteiger partial charge in [-0.2, -0.15) is 9.41 Å². The molecule has 1 amide bonds. The summed E-state index contributed by atoms with van der Waals surface area (Å²) < 4.78 is 28.3. The predicted molar refractivity (Wildman–Crippen MR) is 128 cm³/mol. The van der Waals surface area contributed by atoms with Gasteiger partial charge < -0.3 is 0 Å². The first kappa shape index (κ1) is 24.3. The molecule has 32 heavy (non-hydrogen) atoms. The number of halogens is 3. The van der Waals surface area contributed by atoms with E-state index in [1.54, 1.807) is 48.8 Å². The Kier molecular flexibility index (Phi) is 8.38. The molecule has 11 heteroatoms. The van der Waals surface area contributed by atoms with Gasteiger partial charge in [0.05, 0.1) is 17.7 Å². The summed E-state index contributed by atoms with van der Waals surface area (Å²) >= 11 is 15.5. The van der Waals surface area contributed by atoms with Crippen molar-refractivity contribution in [3.05, 3.63) is 92.6 Å². The Balaban J connectivity index is 1.83. The van der Waals surface area contributed by atoms with Crippen molar-refractivity contribution in [2.75, 3.05) is 6.54 Å². The molecule has 0 saturated carbocycles. The number of hydrogen-bond acceptors (Lipinski definition) is 5. The second-order valence-electron chi connectivity index (χ2n) is 6.54. The predicted octanol–water partition coefficient (Wildman–Crippen LogP) is 4.49. The molecular weight excluding hydrogens is 539 g/mol. The molecule has 0 bridgehead atoms. The highest BCUT2D eigenvalue weighted by Crippen LogP contribution is 2.25. The third kappa shape index (κ3) is 6.60. The summed E-state index contributed by atoms with van der Waals surface area (Å²) in [6.45, 7) is -0.596. The lowest BCUT2D eigenvalue weighted by molar-refractivity contribution is -0.121. The number of aromatic nitrogens is 1. The SMILES string of the molecule is O=C(CN(Cc1ccc(Cl)cc1Cl)S(=O)(=O)c1ccc(Br)cc1)N/N=C/c1ccncc1. The van der Waals surface area contributed by atoms with Crippen molar-refractivity contribution in [3.63, 3.8) is 0 Å². The summed E-state index contributed by atoms with van der Waals surface area (Å²) in [7, 11) is -4.02. The van der Waals surface area contributed by atoms with Gasteiger partial charge in [-0.1, -0.05) is 45.2 Å². The van der Waals surface area contributed by atoms with Crippen LogP contribution in [0.4, 0.5) is 0 Å². The zero-order valence-corrected chi connectivity index (χ0v) is 20.4. The van der Waals surface area contributed by atoms with Gasteiger partial charge >= 0.3 is 0 Å². The quantitative estimate of drug-likeness (QED) is 0.327. The summed E-state index contributed by atoms with van der Waals surface area (Å²) in [5, 5.41) is 4.59. The van der Waals surface area contributed by atoms with Crippen LogP contribution >= 0.6 is 39.1 Å². The fourth-order valence-electron chi connectivity index (χ4n) is 2.65. The monoisotopic (exact) mass is 554 g/mol. The Morgan fingerprint density at radius 3 is 2.44 bits per heavy atom. The average molecular weight is 556 g/mol. The molecule has 1 N–H and O–H groups in total. The van der Waals surface area contributed by atoms with Crippen LogP contribution in [-0.2, 0) is 21.4 Å². The van der Waals surface area contributed by atoms with E-state index in [9.17, 15) is 13.2 Å². The van der Waals surface area contributed by atoms with Crippen LogP contribution in [0.2, 0.25) is 10.0 Å². The van der Waals surface area contributed by atoms with Crippen LogP contribution in [0.3, 0.4) is 0 Å². The van der Waals surface area contributed by atoms with Gasteiger partial charge in [-0.25, -0.2) is 13.8 Å². The summed E-state index contributed by atoms with van der Waals surface area (Å²) in [4.78, 5) is 16.4. The first-order valence-corrected chi connectivity index (χ1v) is 12.2. The largest absolute Gasteiger partial charge is 0.272 e. The van der Waals surface area contributed by atoms with Crippen LogP contribution in [0.15, 0.2) is 81.5 Å². The Morgan fingerprint density at radius 1 is 1.09 bits per heavy atom. The van der Waals surface area contributed by atoms with Crippen LogP contribution in [0.1, 0.15) is 11.1 Å². The first-order valence-electron chi connectivity index (χ1n) is 9.17. The number of sulfonamides is 1. The van der Waals surface area contributed by atoms with E-state index in [-0.39, 0.29) is 11.4 Å². The van der Waals surface area contributed by atoms with Crippen molar-refractivity contribution >= 4 is 61.3 Å². The van der Waals surface area contributed by atoms with Crippen LogP contribution in [0.5, 0.6) is 0 Å². The third-order valence-corrected chi connectivity index (χ3v) is 7.16. The lowest BCUT2D eigenvalue weighted by Crippen LogP contribution is -2.39. The van der Waals surface area contributed by atoms with Crippen LogP contribution in [-0.4, -0.2) is 36.4 Å². The highest BCUT2D eigenvalue weighted by atomic mass is 79.9. The standard InChI is InChI=1S/C21H17BrCl2N4O3S/c22-17-2-5-19(6-3-17)32(30,31)28(13-16-1-4-18(23)11-20(16)24)14-21(29)27-26-12-15-7-9-25-10-8-15/h1-12H,13-14H2,(H,27,29)/b26-12+. The smallest absolute Gasteiger partial charge is 0.255 e. The van der Waals surface area contributed by atoms with E-state index in [0.29, 0.717) is 15.6 Å². The molecule has 166 valence electrons. The van der Waals surface area contributed by atoms with Crippen molar-refractivity contribution in [1.82, 2.24) is 14.7 Å². The van der Waals surface area contributed by atoms with E-state index < -0.39 is 22.5 Å². The molecule has 0 spiro atoms. The Hall–Kier alpha value is -2.30. The summed E-state index contributed by atoms with van der Waals surface area (Å²) in [5.74, 6) is -0.610. The van der Waals surface area contributed by atoms with Crippen LogP contribution < -0.4 is 5.43 Å². The number of amides is 1. The summed E-state index contributed by atoms with van der Waals surface area (Å²) in [6.07, 6.45) is 4.61. The molecule has 2 aromatic carbocycles. The lowest BCUT2D eigenvalue weighted by atomic mass is 10.2. The molecule has 0 unspecified atom stereocenters. The molecule has 0 aliphatic rings. The topological polar surface area (TPSA) is 91.7 Å². The second kappa shape index (κ2) is 11.0. The molecule has 0 radical (unpaired) electrons. The Morgan fingerprint density at radius 2 is 1.78 bits per heavy atom. The van der Waals surface area contributed by atoms with E-state index in [1.165, 1.54) is 24.4 Å². The average Bonchev–Trinajstić information content (AvgIpc) is 2.76. The molecule has 0 atom stereocenters. The molecule has 0 aliphatic heterocycles. The zero-order chi connectivity index (χ0) is 23.1. The van der Waals surface area contributed by atoms with Crippen molar-refractivity contribution in [1.29, 1.82) is 0 Å². The third-order valence-electron chi connectivity index (χ3n) is 4.24. The van der Waals surface area contributed by atoms with E-state index in [4.69, 9.17) is 23.2 Å². The van der Waals surface area contributed by atoms with Gasteiger partial charge in [0, 0.05) is 33.5 Å². The first-order chi connectivity index (χ1) is 15.3. The number of rotatable bonds is 8. The van der Waals surface area contributed by atoms with E-state index in [2.05, 4.69) is 31.4 Å². The lowest BCUT2D eigenvalue weighted by Gasteiger charge is -2.22. The van der Waals surface area contributed by atoms with Crippen molar-refractivity contribution < 1.29 is 13.2 Å². The molecule has 0 aliphatic carbocycles. The van der Waals surface area contributed by atoms with E-state index >= 15 is 0 Å². The zero-order valence-electron chi connectivity index (χ0n) is 16.5. The van der Waals surface area contributed by atoms with Gasteiger partial charge in [0.15, 0.2) is 0 Å². The van der Waals surface area contributed by atoms with Gasteiger partial charge in [0.2, 0.25) is 10.0 Å². The van der Waals surface area contributed by atoms with Gasteiger partial charge in [-0.05, 0) is 59.7 Å². The minimum Gasteiger partial charge on any atom is -0.272 e. The molecule has 1 aromatic heterocycles. The molecule has 3 aromatic rings. The van der Waals surface area contributed by atoms with Crippen LogP contribution in [0, 0.1) is 0 Å². The highest BCUT2D eigenvalue weighted by Gasteiger charge is 2.27. The summed E-state index contributed by atoms with van der Waals surface area (Å²) in [6, 6.07) is 14.3. The minimum absolute atomic E-state index is 0.0406. The van der Waals surface area contributed by atoms with Gasteiger partial charge in [0.1, 0.15) is 0 Å². The molecule has 0 saturated heterocycles. The van der Waals surface area contributed by atoms with E-state index in [0.717, 1.165) is 14.3 Å². The maximum atomic E-state index is 13.3. The van der Waals surface area contributed by atoms with Gasteiger partial charge in [-0.15, -0.1) is 0 Å². The van der Waals surface area contributed by atoms with Crippen molar-refractivity contribution in [2.24, 2.45) is 5.10 Å². The molecule has 1 heterocycles.